The average Bonchev–Trinajstić information content (AvgIpc) is 2.17. The molecule has 0 aliphatic heterocycles. The predicted octanol–water partition coefficient (Wildman–Crippen LogP) is 3.35. The largest absolute Gasteiger partial charge is 0.319 e. The molecule has 0 unspecified atom stereocenters. The van der Waals surface area contributed by atoms with Crippen LogP contribution in [0.3, 0.4) is 0 Å². The highest BCUT2D eigenvalue weighted by Crippen LogP contribution is 2.39. The van der Waals surface area contributed by atoms with Crippen LogP contribution in [0.2, 0.25) is 0 Å². The van der Waals surface area contributed by atoms with Gasteiger partial charge in [-0.3, -0.25) is 0 Å². The highest BCUT2D eigenvalue weighted by atomic mass is 14.8. The Morgan fingerprint density at radius 3 is 2.38 bits per heavy atom. The summed E-state index contributed by atoms with van der Waals surface area (Å²) in [6.45, 7) is 3.54. The van der Waals surface area contributed by atoms with Gasteiger partial charge in [-0.05, 0) is 31.7 Å². The van der Waals surface area contributed by atoms with E-state index in [0.717, 1.165) is 0 Å². The molecule has 0 aromatic rings. The van der Waals surface area contributed by atoms with Gasteiger partial charge in [-0.15, -0.1) is 0 Å². The highest BCUT2D eigenvalue weighted by Gasteiger charge is 2.30. The molecule has 0 atom stereocenters. The topological polar surface area (TPSA) is 12.0 Å². The van der Waals surface area contributed by atoms with Gasteiger partial charge in [-0.25, -0.2) is 0 Å². The van der Waals surface area contributed by atoms with E-state index in [1.54, 1.807) is 0 Å². The van der Waals surface area contributed by atoms with Crippen molar-refractivity contribution in [2.24, 2.45) is 5.41 Å². The van der Waals surface area contributed by atoms with E-state index in [0.29, 0.717) is 5.41 Å². The third kappa shape index (κ3) is 3.30. The number of rotatable bonds is 5. The van der Waals surface area contributed by atoms with Crippen molar-refractivity contribution in [1.29, 1.82) is 0 Å². The maximum Gasteiger partial charge on any atom is 0.000480 e. The van der Waals surface area contributed by atoms with Gasteiger partial charge in [0.05, 0.1) is 0 Å². The van der Waals surface area contributed by atoms with E-state index in [4.69, 9.17) is 0 Å². The Bertz CT molecular complexity index is 120. The van der Waals surface area contributed by atoms with E-state index < -0.39 is 0 Å². The summed E-state index contributed by atoms with van der Waals surface area (Å²) in [6.07, 6.45) is 11.5. The Kier molecular flexibility index (Phi) is 4.79. The van der Waals surface area contributed by atoms with Crippen LogP contribution < -0.4 is 5.32 Å². The summed E-state index contributed by atoms with van der Waals surface area (Å²) >= 11 is 0. The fourth-order valence-electron chi connectivity index (χ4n) is 2.74. The van der Waals surface area contributed by atoms with E-state index in [1.165, 1.54) is 57.9 Å². The molecule has 0 radical (unpaired) electrons. The number of nitrogens with one attached hydrogen (secondary N) is 1. The molecular formula is C12H25N. The number of hydrogen-bond donors (Lipinski definition) is 1. The fraction of sp³-hybridized carbons (Fsp3) is 1.00. The number of hydrogen-bond acceptors (Lipinski definition) is 1. The molecule has 1 nitrogen and oxygen atoms in total. The van der Waals surface area contributed by atoms with Crippen LogP contribution >= 0.6 is 0 Å². The fourth-order valence-corrected chi connectivity index (χ4v) is 2.74. The summed E-state index contributed by atoms with van der Waals surface area (Å²) in [5, 5.41) is 3.39. The van der Waals surface area contributed by atoms with Crippen LogP contribution in [0.25, 0.3) is 0 Å². The zero-order valence-electron chi connectivity index (χ0n) is 9.36. The number of unbranched alkanes of at least 4 members (excludes halogenated alkanes) is 1. The Morgan fingerprint density at radius 1 is 1.15 bits per heavy atom. The first-order chi connectivity index (χ1) is 6.33. The molecule has 1 fully saturated rings. The third-order valence-corrected chi connectivity index (χ3v) is 3.53. The maximum atomic E-state index is 3.39. The van der Waals surface area contributed by atoms with Crippen LogP contribution in [0.15, 0.2) is 0 Å². The molecule has 1 aliphatic carbocycles. The molecule has 1 N–H and O–H groups in total. The Balaban J connectivity index is 2.40. The van der Waals surface area contributed by atoms with Crippen molar-refractivity contribution in [3.63, 3.8) is 0 Å². The van der Waals surface area contributed by atoms with Gasteiger partial charge in [0, 0.05) is 6.54 Å². The molecule has 1 heteroatoms. The molecular weight excluding hydrogens is 158 g/mol. The van der Waals surface area contributed by atoms with E-state index in [1.807, 2.05) is 0 Å². The standard InChI is InChI=1S/C12H25N/c1-3-4-8-12(11-13-2)9-6-5-7-10-12/h13H,3-11H2,1-2H3. The van der Waals surface area contributed by atoms with Crippen LogP contribution in [-0.2, 0) is 0 Å². The lowest BCUT2D eigenvalue weighted by molar-refractivity contribution is 0.166. The maximum absolute atomic E-state index is 3.39. The molecule has 1 rings (SSSR count). The van der Waals surface area contributed by atoms with Gasteiger partial charge in [-0.1, -0.05) is 39.0 Å². The molecule has 0 spiro atoms. The zero-order chi connectivity index (χ0) is 9.57. The van der Waals surface area contributed by atoms with Crippen LogP contribution in [-0.4, -0.2) is 13.6 Å². The summed E-state index contributed by atoms with van der Waals surface area (Å²) in [6, 6.07) is 0. The highest BCUT2D eigenvalue weighted by molar-refractivity contribution is 4.84. The molecule has 0 aromatic heterocycles. The van der Waals surface area contributed by atoms with Crippen LogP contribution in [0.1, 0.15) is 58.3 Å². The minimum Gasteiger partial charge on any atom is -0.319 e. The second kappa shape index (κ2) is 5.64. The molecule has 13 heavy (non-hydrogen) atoms. The van der Waals surface area contributed by atoms with Crippen molar-refractivity contribution in [2.75, 3.05) is 13.6 Å². The van der Waals surface area contributed by atoms with Gasteiger partial charge in [0.15, 0.2) is 0 Å². The summed E-state index contributed by atoms with van der Waals surface area (Å²) in [5.41, 5.74) is 0.670. The third-order valence-electron chi connectivity index (χ3n) is 3.53. The molecule has 0 amide bonds. The van der Waals surface area contributed by atoms with Crippen molar-refractivity contribution >= 4 is 0 Å². The minimum atomic E-state index is 0.670. The van der Waals surface area contributed by atoms with E-state index in [9.17, 15) is 0 Å². The summed E-state index contributed by atoms with van der Waals surface area (Å²) in [5.74, 6) is 0. The Hall–Kier alpha value is -0.0400. The van der Waals surface area contributed by atoms with Crippen molar-refractivity contribution in [3.8, 4) is 0 Å². The molecule has 1 aliphatic rings. The molecule has 78 valence electrons. The van der Waals surface area contributed by atoms with Crippen molar-refractivity contribution < 1.29 is 0 Å². The minimum absolute atomic E-state index is 0.670. The molecule has 0 heterocycles. The normalized spacial score (nSPS) is 21.7. The summed E-state index contributed by atoms with van der Waals surface area (Å²) in [4.78, 5) is 0. The quantitative estimate of drug-likeness (QED) is 0.689. The van der Waals surface area contributed by atoms with Gasteiger partial charge in [-0.2, -0.15) is 0 Å². The molecule has 0 saturated heterocycles. The van der Waals surface area contributed by atoms with Gasteiger partial charge in [0.2, 0.25) is 0 Å². The summed E-state index contributed by atoms with van der Waals surface area (Å²) < 4.78 is 0. The first-order valence-corrected chi connectivity index (χ1v) is 5.97. The van der Waals surface area contributed by atoms with Crippen molar-refractivity contribution in [2.45, 2.75) is 58.3 Å². The Morgan fingerprint density at radius 2 is 1.85 bits per heavy atom. The zero-order valence-corrected chi connectivity index (χ0v) is 9.36. The average molecular weight is 183 g/mol. The second-order valence-corrected chi connectivity index (χ2v) is 4.69. The second-order valence-electron chi connectivity index (χ2n) is 4.69. The van der Waals surface area contributed by atoms with E-state index in [2.05, 4.69) is 19.3 Å². The van der Waals surface area contributed by atoms with Crippen molar-refractivity contribution in [3.05, 3.63) is 0 Å². The van der Waals surface area contributed by atoms with E-state index >= 15 is 0 Å². The Labute approximate surface area is 83.3 Å². The summed E-state index contributed by atoms with van der Waals surface area (Å²) in [7, 11) is 2.10. The van der Waals surface area contributed by atoms with Crippen LogP contribution in [0, 0.1) is 5.41 Å². The van der Waals surface area contributed by atoms with Crippen molar-refractivity contribution in [1.82, 2.24) is 5.32 Å². The molecule has 1 saturated carbocycles. The first-order valence-electron chi connectivity index (χ1n) is 5.97. The lowest BCUT2D eigenvalue weighted by Crippen LogP contribution is -2.34. The van der Waals surface area contributed by atoms with Gasteiger partial charge in [0.1, 0.15) is 0 Å². The lowest BCUT2D eigenvalue weighted by Gasteiger charge is -2.37. The van der Waals surface area contributed by atoms with Crippen LogP contribution in [0.5, 0.6) is 0 Å². The smallest absolute Gasteiger partial charge is 0.000480 e. The monoisotopic (exact) mass is 183 g/mol. The van der Waals surface area contributed by atoms with Gasteiger partial charge < -0.3 is 5.32 Å². The SMILES string of the molecule is CCCCC1(CNC)CCCCC1. The first kappa shape index (κ1) is 11.0. The van der Waals surface area contributed by atoms with Gasteiger partial charge in [0.25, 0.3) is 0 Å². The van der Waals surface area contributed by atoms with Gasteiger partial charge >= 0.3 is 0 Å². The molecule has 0 bridgehead atoms. The predicted molar refractivity (Wildman–Crippen MR) is 59.0 cm³/mol. The van der Waals surface area contributed by atoms with Crippen LogP contribution in [0.4, 0.5) is 0 Å². The van der Waals surface area contributed by atoms with E-state index in [-0.39, 0.29) is 0 Å². The lowest BCUT2D eigenvalue weighted by atomic mass is 9.71. The molecule has 0 aromatic carbocycles.